The van der Waals surface area contributed by atoms with E-state index < -0.39 is 0 Å². The predicted octanol–water partition coefficient (Wildman–Crippen LogP) is 0.479. The molecule has 1 saturated heterocycles. The molecule has 0 amide bonds. The Hall–Kier alpha value is -1.49. The summed E-state index contributed by atoms with van der Waals surface area (Å²) in [5.74, 6) is 0.419. The highest BCUT2D eigenvalue weighted by molar-refractivity contribution is 5.79. The molecule has 1 aromatic rings. The molecule has 14 heavy (non-hydrogen) atoms. The van der Waals surface area contributed by atoms with Gasteiger partial charge in [0.15, 0.2) is 0 Å². The lowest BCUT2D eigenvalue weighted by atomic mass is 10.1. The molecule has 0 saturated carbocycles. The first kappa shape index (κ1) is 9.08. The van der Waals surface area contributed by atoms with Crippen LogP contribution in [0.25, 0.3) is 0 Å². The van der Waals surface area contributed by atoms with Crippen molar-refractivity contribution < 1.29 is 9.53 Å². The van der Waals surface area contributed by atoms with E-state index in [-0.39, 0.29) is 17.8 Å². The van der Waals surface area contributed by atoms with Crippen LogP contribution in [0, 0.1) is 0 Å². The minimum atomic E-state index is -0.249. The highest BCUT2D eigenvalue weighted by atomic mass is 16.5. The number of nitrogens with two attached hydrogens (primary N) is 1. The lowest BCUT2D eigenvalue weighted by molar-refractivity contribution is -0.128. The van der Waals surface area contributed by atoms with Gasteiger partial charge in [-0.1, -0.05) is 0 Å². The summed E-state index contributed by atoms with van der Waals surface area (Å²) in [5.41, 5.74) is 6.12. The molecule has 1 aliphatic heterocycles. The summed E-state index contributed by atoms with van der Waals surface area (Å²) in [6, 6.07) is 1.72. The molecule has 1 aliphatic rings. The van der Waals surface area contributed by atoms with Crippen molar-refractivity contribution in [1.29, 1.82) is 0 Å². The van der Waals surface area contributed by atoms with Gasteiger partial charge in [0.1, 0.15) is 11.9 Å². The Morgan fingerprint density at radius 1 is 1.57 bits per heavy atom. The third-order valence-corrected chi connectivity index (χ3v) is 2.14. The summed E-state index contributed by atoms with van der Waals surface area (Å²) >= 11 is 0. The van der Waals surface area contributed by atoms with Crippen LogP contribution in [-0.2, 0) is 9.53 Å². The van der Waals surface area contributed by atoms with Crippen LogP contribution in [0.2, 0.25) is 0 Å². The van der Waals surface area contributed by atoms with Crippen molar-refractivity contribution in [2.75, 3.05) is 12.3 Å². The maximum Gasteiger partial charge on any atom is 0.220 e. The largest absolute Gasteiger partial charge is 0.371 e. The third-order valence-electron chi connectivity index (χ3n) is 2.14. The fourth-order valence-corrected chi connectivity index (χ4v) is 1.44. The van der Waals surface area contributed by atoms with Gasteiger partial charge in [-0.2, -0.15) is 0 Å². The third kappa shape index (κ3) is 1.88. The minimum absolute atomic E-state index is 0.207. The standard InChI is InChI=1S/C9H11N3O2/c10-9-11-3-1-7(12-9)8-5-6(13)2-4-14-8/h1,3,8H,2,4-5H2,(H2,10,11,12). The Kier molecular flexibility index (Phi) is 2.41. The Balaban J connectivity index is 2.17. The van der Waals surface area contributed by atoms with E-state index in [9.17, 15) is 4.79 Å². The fraction of sp³-hybridized carbons (Fsp3) is 0.444. The number of aromatic nitrogens is 2. The number of carbonyl (C=O) groups is 1. The number of hydrogen-bond donors (Lipinski definition) is 1. The van der Waals surface area contributed by atoms with E-state index in [1.165, 1.54) is 0 Å². The molecule has 0 aliphatic carbocycles. The zero-order valence-electron chi connectivity index (χ0n) is 7.64. The first-order valence-electron chi connectivity index (χ1n) is 4.47. The van der Waals surface area contributed by atoms with Gasteiger partial charge in [0, 0.05) is 19.0 Å². The van der Waals surface area contributed by atoms with Crippen LogP contribution >= 0.6 is 0 Å². The summed E-state index contributed by atoms with van der Waals surface area (Å²) in [6.07, 6.45) is 2.20. The summed E-state index contributed by atoms with van der Waals surface area (Å²) in [6.45, 7) is 0.466. The maximum absolute atomic E-state index is 11.2. The number of nitrogens with zero attached hydrogens (tertiary/aromatic N) is 2. The molecule has 5 nitrogen and oxygen atoms in total. The van der Waals surface area contributed by atoms with Gasteiger partial charge in [-0.3, -0.25) is 4.79 Å². The molecule has 2 heterocycles. The van der Waals surface area contributed by atoms with Crippen LogP contribution in [0.5, 0.6) is 0 Å². The molecule has 0 aromatic carbocycles. The maximum atomic E-state index is 11.2. The Morgan fingerprint density at radius 3 is 3.14 bits per heavy atom. The van der Waals surface area contributed by atoms with Crippen molar-refractivity contribution in [2.24, 2.45) is 0 Å². The molecule has 5 heteroatoms. The Bertz CT molecular complexity index is 354. The van der Waals surface area contributed by atoms with Crippen LogP contribution in [-0.4, -0.2) is 22.4 Å². The van der Waals surface area contributed by atoms with E-state index in [1.807, 2.05) is 0 Å². The van der Waals surface area contributed by atoms with Crippen LogP contribution in [0.1, 0.15) is 24.6 Å². The molecule has 1 aromatic heterocycles. The number of Topliss-reactive ketones (excluding diaryl/α,β-unsaturated/α-hetero) is 1. The molecule has 74 valence electrons. The number of rotatable bonds is 1. The molecule has 0 spiro atoms. The van der Waals surface area contributed by atoms with Crippen molar-refractivity contribution in [3.63, 3.8) is 0 Å². The molecule has 2 rings (SSSR count). The van der Waals surface area contributed by atoms with Crippen LogP contribution < -0.4 is 5.73 Å². The molecule has 1 fully saturated rings. The average Bonchev–Trinajstić information content (AvgIpc) is 2.18. The van der Waals surface area contributed by atoms with Crippen LogP contribution in [0.3, 0.4) is 0 Å². The lowest BCUT2D eigenvalue weighted by Crippen LogP contribution is -2.20. The van der Waals surface area contributed by atoms with E-state index in [1.54, 1.807) is 12.3 Å². The van der Waals surface area contributed by atoms with Crippen molar-refractivity contribution >= 4 is 11.7 Å². The monoisotopic (exact) mass is 193 g/mol. The first-order chi connectivity index (χ1) is 6.75. The smallest absolute Gasteiger partial charge is 0.220 e. The van der Waals surface area contributed by atoms with Crippen molar-refractivity contribution in [3.05, 3.63) is 18.0 Å². The van der Waals surface area contributed by atoms with Gasteiger partial charge >= 0.3 is 0 Å². The summed E-state index contributed by atoms with van der Waals surface area (Å²) in [7, 11) is 0. The van der Waals surface area contributed by atoms with Gasteiger partial charge in [0.2, 0.25) is 5.95 Å². The second-order valence-corrected chi connectivity index (χ2v) is 3.19. The summed E-state index contributed by atoms with van der Waals surface area (Å²) in [5, 5.41) is 0. The van der Waals surface area contributed by atoms with Crippen LogP contribution in [0.4, 0.5) is 5.95 Å². The molecular weight excluding hydrogens is 182 g/mol. The van der Waals surface area contributed by atoms with Crippen molar-refractivity contribution in [1.82, 2.24) is 9.97 Å². The molecular formula is C9H11N3O2. The number of ketones is 1. The summed E-state index contributed by atoms with van der Waals surface area (Å²) < 4.78 is 5.42. The van der Waals surface area contributed by atoms with Crippen LogP contribution in [0.15, 0.2) is 12.3 Å². The topological polar surface area (TPSA) is 78.1 Å². The number of hydrogen-bond acceptors (Lipinski definition) is 5. The van der Waals surface area contributed by atoms with E-state index in [0.29, 0.717) is 25.1 Å². The SMILES string of the molecule is Nc1nccc(C2CC(=O)CCO2)n1. The second-order valence-electron chi connectivity index (χ2n) is 3.19. The second kappa shape index (κ2) is 3.71. The summed E-state index contributed by atoms with van der Waals surface area (Å²) in [4.78, 5) is 19.0. The Labute approximate surface area is 81.3 Å². The van der Waals surface area contributed by atoms with E-state index in [0.717, 1.165) is 0 Å². The lowest BCUT2D eigenvalue weighted by Gasteiger charge is -2.20. The van der Waals surface area contributed by atoms with Gasteiger partial charge in [-0.25, -0.2) is 9.97 Å². The zero-order valence-corrected chi connectivity index (χ0v) is 7.64. The van der Waals surface area contributed by atoms with Gasteiger partial charge in [-0.15, -0.1) is 0 Å². The molecule has 2 N–H and O–H groups in total. The van der Waals surface area contributed by atoms with E-state index in [4.69, 9.17) is 10.5 Å². The normalized spacial score (nSPS) is 22.3. The van der Waals surface area contributed by atoms with Crippen molar-refractivity contribution in [2.45, 2.75) is 18.9 Å². The highest BCUT2D eigenvalue weighted by Gasteiger charge is 2.22. The predicted molar refractivity (Wildman–Crippen MR) is 49.4 cm³/mol. The number of carbonyl (C=O) groups excluding carboxylic acids is 1. The zero-order chi connectivity index (χ0) is 9.97. The van der Waals surface area contributed by atoms with Gasteiger partial charge in [0.25, 0.3) is 0 Å². The fourth-order valence-electron chi connectivity index (χ4n) is 1.44. The molecule has 0 radical (unpaired) electrons. The van der Waals surface area contributed by atoms with Gasteiger partial charge in [-0.05, 0) is 6.07 Å². The average molecular weight is 193 g/mol. The van der Waals surface area contributed by atoms with Gasteiger partial charge in [0.05, 0.1) is 12.3 Å². The molecule has 1 unspecified atom stereocenters. The quantitative estimate of drug-likeness (QED) is 0.701. The minimum Gasteiger partial charge on any atom is -0.371 e. The Morgan fingerprint density at radius 2 is 2.43 bits per heavy atom. The number of ether oxygens (including phenoxy) is 1. The van der Waals surface area contributed by atoms with E-state index in [2.05, 4.69) is 9.97 Å². The van der Waals surface area contributed by atoms with Crippen molar-refractivity contribution in [3.8, 4) is 0 Å². The van der Waals surface area contributed by atoms with Gasteiger partial charge < -0.3 is 10.5 Å². The highest BCUT2D eigenvalue weighted by Crippen LogP contribution is 2.24. The first-order valence-corrected chi connectivity index (χ1v) is 4.47. The molecule has 1 atom stereocenters. The van der Waals surface area contributed by atoms with E-state index >= 15 is 0 Å². The number of nitrogen functional groups attached to an aromatic ring is 1. The molecule has 0 bridgehead atoms. The number of anilines is 1.